The maximum Gasteiger partial charge on any atom is 0.270 e. The summed E-state index contributed by atoms with van der Waals surface area (Å²) in [5.41, 5.74) is 2.76. The quantitative estimate of drug-likeness (QED) is 0.682. The highest BCUT2D eigenvalue weighted by Gasteiger charge is 2.29. The van der Waals surface area contributed by atoms with Crippen molar-refractivity contribution < 1.29 is 14.3 Å². The summed E-state index contributed by atoms with van der Waals surface area (Å²) in [6.45, 7) is 0. The molecule has 0 spiro atoms. The molecule has 0 aromatic heterocycles. The molecular formula is C22H17ClN2O3. The molecule has 0 radical (unpaired) electrons. The largest absolute Gasteiger partial charge is 0.474 e. The average Bonchev–Trinajstić information content (AvgIpc) is 2.70. The van der Waals surface area contributed by atoms with Crippen LogP contribution in [-0.4, -0.2) is 11.8 Å². The number of fused-ring (bicyclic) bond motifs is 1. The Balaban J connectivity index is 1.46. The van der Waals surface area contributed by atoms with Crippen LogP contribution < -0.4 is 15.4 Å². The van der Waals surface area contributed by atoms with Crippen molar-refractivity contribution in [1.29, 1.82) is 0 Å². The van der Waals surface area contributed by atoms with Gasteiger partial charge >= 0.3 is 0 Å². The van der Waals surface area contributed by atoms with Crippen LogP contribution in [-0.2, 0) is 16.0 Å². The molecule has 1 aliphatic heterocycles. The smallest absolute Gasteiger partial charge is 0.270 e. The summed E-state index contributed by atoms with van der Waals surface area (Å²) in [7, 11) is 0. The minimum atomic E-state index is -0.695. The van der Waals surface area contributed by atoms with Gasteiger partial charge in [-0.3, -0.25) is 9.59 Å². The average molecular weight is 393 g/mol. The molecule has 1 unspecified atom stereocenters. The maximum absolute atomic E-state index is 12.4. The number of rotatable bonds is 4. The Morgan fingerprint density at radius 3 is 2.54 bits per heavy atom. The number of hydrogen-bond acceptors (Lipinski definition) is 3. The van der Waals surface area contributed by atoms with Crippen LogP contribution in [0.5, 0.6) is 5.75 Å². The Hall–Kier alpha value is -3.31. The lowest BCUT2D eigenvalue weighted by Crippen LogP contribution is -2.30. The zero-order chi connectivity index (χ0) is 19.5. The van der Waals surface area contributed by atoms with E-state index in [1.807, 2.05) is 42.5 Å². The number of ether oxygens (including phenoxy) is 1. The maximum atomic E-state index is 12.4. The van der Waals surface area contributed by atoms with Crippen molar-refractivity contribution in [3.05, 3.63) is 88.9 Å². The summed E-state index contributed by atoms with van der Waals surface area (Å²) >= 11 is 5.86. The molecule has 0 aliphatic carbocycles. The van der Waals surface area contributed by atoms with Crippen LogP contribution in [0.15, 0.2) is 72.8 Å². The predicted octanol–water partition coefficient (Wildman–Crippen LogP) is 4.59. The van der Waals surface area contributed by atoms with Crippen LogP contribution in [0, 0.1) is 0 Å². The summed E-state index contributed by atoms with van der Waals surface area (Å²) in [4.78, 5) is 24.7. The van der Waals surface area contributed by atoms with Gasteiger partial charge in [-0.15, -0.1) is 0 Å². The van der Waals surface area contributed by atoms with E-state index in [-0.39, 0.29) is 18.2 Å². The molecule has 3 aromatic rings. The molecule has 4 rings (SSSR count). The Bertz CT molecular complexity index is 1020. The highest BCUT2D eigenvalue weighted by molar-refractivity contribution is 6.30. The minimum absolute atomic E-state index is 0.160. The first-order valence-corrected chi connectivity index (χ1v) is 9.17. The van der Waals surface area contributed by atoms with Crippen molar-refractivity contribution in [2.24, 2.45) is 0 Å². The van der Waals surface area contributed by atoms with E-state index in [4.69, 9.17) is 16.3 Å². The molecule has 2 N–H and O–H groups in total. The molecule has 6 heteroatoms. The van der Waals surface area contributed by atoms with Crippen molar-refractivity contribution in [2.75, 3.05) is 10.6 Å². The van der Waals surface area contributed by atoms with Crippen molar-refractivity contribution in [3.63, 3.8) is 0 Å². The van der Waals surface area contributed by atoms with Crippen molar-refractivity contribution in [1.82, 2.24) is 0 Å². The molecule has 1 heterocycles. The third kappa shape index (κ3) is 4.00. The number of carbonyl (C=O) groups is 2. The fourth-order valence-corrected chi connectivity index (χ4v) is 3.15. The van der Waals surface area contributed by atoms with E-state index in [2.05, 4.69) is 10.6 Å². The van der Waals surface area contributed by atoms with Gasteiger partial charge in [0.05, 0.1) is 12.1 Å². The minimum Gasteiger partial charge on any atom is -0.474 e. The molecule has 1 aliphatic rings. The monoisotopic (exact) mass is 392 g/mol. The number of hydrogen-bond donors (Lipinski definition) is 2. The van der Waals surface area contributed by atoms with Crippen molar-refractivity contribution >= 4 is 34.8 Å². The molecule has 0 fully saturated rings. The van der Waals surface area contributed by atoms with Crippen LogP contribution in [0.4, 0.5) is 11.4 Å². The molecule has 2 amide bonds. The molecule has 1 atom stereocenters. The van der Waals surface area contributed by atoms with Crippen LogP contribution in [0.3, 0.4) is 0 Å². The first-order valence-electron chi connectivity index (χ1n) is 8.79. The molecule has 28 heavy (non-hydrogen) atoms. The first-order chi connectivity index (χ1) is 13.6. The zero-order valence-electron chi connectivity index (χ0n) is 14.8. The summed E-state index contributed by atoms with van der Waals surface area (Å²) in [5, 5.41) is 6.31. The van der Waals surface area contributed by atoms with Gasteiger partial charge in [0, 0.05) is 16.3 Å². The van der Waals surface area contributed by atoms with Crippen LogP contribution in [0.2, 0.25) is 5.02 Å². The van der Waals surface area contributed by atoms with Gasteiger partial charge in [-0.05, 0) is 35.9 Å². The molecule has 0 saturated carbocycles. The number of benzene rings is 3. The standard InChI is InChI=1S/C22H17ClN2O3/c23-16-8-6-14(7-9-16)12-20(26)24-17-10-11-19-18(13-17)25-22(27)21(28-19)15-4-2-1-3-5-15/h1-11,13,21H,12H2,(H,24,26)(H,25,27). The highest BCUT2D eigenvalue weighted by atomic mass is 35.5. The van der Waals surface area contributed by atoms with E-state index in [1.165, 1.54) is 0 Å². The molecule has 140 valence electrons. The van der Waals surface area contributed by atoms with Gasteiger partial charge in [0.25, 0.3) is 5.91 Å². The van der Waals surface area contributed by atoms with Gasteiger partial charge in [0.15, 0.2) is 0 Å². The summed E-state index contributed by atoms with van der Waals surface area (Å²) in [5.74, 6) is 0.153. The Morgan fingerprint density at radius 1 is 1.04 bits per heavy atom. The Morgan fingerprint density at radius 2 is 1.79 bits per heavy atom. The van der Waals surface area contributed by atoms with Crippen molar-refractivity contribution in [3.8, 4) is 5.75 Å². The molecule has 0 saturated heterocycles. The number of amides is 2. The van der Waals surface area contributed by atoms with E-state index >= 15 is 0 Å². The lowest BCUT2D eigenvalue weighted by Gasteiger charge is -2.26. The number of anilines is 2. The van der Waals surface area contributed by atoms with Gasteiger partial charge in [-0.25, -0.2) is 0 Å². The summed E-state index contributed by atoms with van der Waals surface area (Å²) in [6, 6.07) is 21.6. The second-order valence-electron chi connectivity index (χ2n) is 6.46. The lowest BCUT2D eigenvalue weighted by molar-refractivity contribution is -0.123. The predicted molar refractivity (Wildman–Crippen MR) is 109 cm³/mol. The first kappa shape index (κ1) is 18.1. The number of carbonyl (C=O) groups excluding carboxylic acids is 2. The summed E-state index contributed by atoms with van der Waals surface area (Å²) in [6.07, 6.45) is -0.466. The molecule has 0 bridgehead atoms. The van der Waals surface area contributed by atoms with Gasteiger partial charge in [-0.2, -0.15) is 0 Å². The summed E-state index contributed by atoms with van der Waals surface area (Å²) < 4.78 is 5.86. The van der Waals surface area contributed by atoms with Gasteiger partial charge < -0.3 is 15.4 Å². The number of halogens is 1. The van der Waals surface area contributed by atoms with E-state index < -0.39 is 6.10 Å². The van der Waals surface area contributed by atoms with E-state index in [0.717, 1.165) is 11.1 Å². The lowest BCUT2D eigenvalue weighted by atomic mass is 10.1. The SMILES string of the molecule is O=C(Cc1ccc(Cl)cc1)Nc1ccc2c(c1)NC(=O)C(c1ccccc1)O2. The van der Waals surface area contributed by atoms with Gasteiger partial charge in [-0.1, -0.05) is 54.1 Å². The number of nitrogens with one attached hydrogen (secondary N) is 2. The highest BCUT2D eigenvalue weighted by Crippen LogP contribution is 2.36. The second kappa shape index (κ2) is 7.74. The second-order valence-corrected chi connectivity index (χ2v) is 6.90. The molecule has 3 aromatic carbocycles. The molecule has 5 nitrogen and oxygen atoms in total. The Labute approximate surface area is 167 Å². The van der Waals surface area contributed by atoms with E-state index in [9.17, 15) is 9.59 Å². The van der Waals surface area contributed by atoms with Crippen LogP contribution in [0.25, 0.3) is 0 Å². The fraction of sp³-hybridized carbons (Fsp3) is 0.0909. The Kier molecular flexibility index (Phi) is 5.00. The topological polar surface area (TPSA) is 67.4 Å². The van der Waals surface area contributed by atoms with Crippen LogP contribution >= 0.6 is 11.6 Å². The third-order valence-corrected chi connectivity index (χ3v) is 4.64. The third-order valence-electron chi connectivity index (χ3n) is 4.38. The van der Waals surface area contributed by atoms with E-state index in [1.54, 1.807) is 30.3 Å². The van der Waals surface area contributed by atoms with Gasteiger partial charge in [0.1, 0.15) is 5.75 Å². The van der Waals surface area contributed by atoms with Crippen LogP contribution in [0.1, 0.15) is 17.2 Å². The molecular weight excluding hydrogens is 376 g/mol. The van der Waals surface area contributed by atoms with Gasteiger partial charge in [0.2, 0.25) is 12.0 Å². The normalized spacial score (nSPS) is 15.2. The van der Waals surface area contributed by atoms with E-state index in [0.29, 0.717) is 22.1 Å². The van der Waals surface area contributed by atoms with Crippen molar-refractivity contribution in [2.45, 2.75) is 12.5 Å². The fourth-order valence-electron chi connectivity index (χ4n) is 3.03. The zero-order valence-corrected chi connectivity index (χ0v) is 15.6.